The average molecular weight is 248 g/mol. The first-order valence-corrected chi connectivity index (χ1v) is 6.88. The lowest BCUT2D eigenvalue weighted by atomic mass is 9.85. The van der Waals surface area contributed by atoms with E-state index >= 15 is 0 Å². The van der Waals surface area contributed by atoms with Crippen LogP contribution in [0.1, 0.15) is 30.4 Å². The van der Waals surface area contributed by atoms with Gasteiger partial charge in [0.25, 0.3) is 0 Å². The lowest BCUT2D eigenvalue weighted by Crippen LogP contribution is -2.19. The molecule has 1 aliphatic carbocycles. The fraction of sp³-hybridized carbons (Fsp3) is 0.294. The molecule has 2 aromatic carbocycles. The van der Waals surface area contributed by atoms with Crippen LogP contribution in [0.2, 0.25) is 0 Å². The molecule has 2 nitrogen and oxygen atoms in total. The van der Waals surface area contributed by atoms with Crippen LogP contribution in [0.15, 0.2) is 70.9 Å². The third-order valence-corrected chi connectivity index (χ3v) is 4.59. The largest absolute Gasteiger partial charge is 0.182 e. The normalized spacial score (nSPS) is 31.8. The van der Waals surface area contributed by atoms with Crippen LogP contribution in [0, 0.1) is 0 Å². The van der Waals surface area contributed by atoms with Gasteiger partial charge in [-0.3, -0.25) is 0 Å². The smallest absolute Gasteiger partial charge is 0.109 e. The second-order valence-electron chi connectivity index (χ2n) is 5.67. The van der Waals surface area contributed by atoms with E-state index in [1.807, 2.05) is 0 Å². The summed E-state index contributed by atoms with van der Waals surface area (Å²) >= 11 is 0. The molecule has 2 bridgehead atoms. The maximum Gasteiger partial charge on any atom is 0.109 e. The number of rotatable bonds is 2. The minimum atomic E-state index is -0.0723. The molecule has 1 aliphatic heterocycles. The fourth-order valence-corrected chi connectivity index (χ4v) is 3.54. The molecule has 2 aromatic rings. The van der Waals surface area contributed by atoms with E-state index in [-0.39, 0.29) is 11.1 Å². The second kappa shape index (κ2) is 3.77. The summed E-state index contributed by atoms with van der Waals surface area (Å²) in [5.41, 5.74) is 2.48. The maximum atomic E-state index is 4.68. The van der Waals surface area contributed by atoms with E-state index in [9.17, 15) is 0 Å². The highest BCUT2D eigenvalue weighted by Gasteiger charge is 2.55. The zero-order valence-electron chi connectivity index (χ0n) is 10.8. The van der Waals surface area contributed by atoms with Crippen molar-refractivity contribution in [2.75, 3.05) is 0 Å². The van der Waals surface area contributed by atoms with E-state index in [0.717, 1.165) is 19.3 Å². The number of benzene rings is 2. The highest BCUT2D eigenvalue weighted by molar-refractivity contribution is 5.36. The Balaban J connectivity index is 1.75. The zero-order chi connectivity index (χ0) is 12.8. The molecule has 0 radical (unpaired) electrons. The number of hydrogen-bond acceptors (Lipinski definition) is 2. The van der Waals surface area contributed by atoms with Crippen molar-refractivity contribution in [2.24, 2.45) is 10.2 Å². The summed E-state index contributed by atoms with van der Waals surface area (Å²) < 4.78 is 0. The average Bonchev–Trinajstić information content (AvgIpc) is 3.08. The molecule has 1 fully saturated rings. The summed E-state index contributed by atoms with van der Waals surface area (Å²) in [4.78, 5) is 0. The van der Waals surface area contributed by atoms with Crippen LogP contribution in [0.5, 0.6) is 0 Å². The molecule has 1 heterocycles. The van der Waals surface area contributed by atoms with Crippen molar-refractivity contribution in [3.63, 3.8) is 0 Å². The molecule has 2 atom stereocenters. The van der Waals surface area contributed by atoms with Crippen LogP contribution in [0.25, 0.3) is 0 Å². The SMILES string of the molecule is c1ccc([C@@]23CC[C@@](c4ccccc4)(C2)N=N3)cc1. The summed E-state index contributed by atoms with van der Waals surface area (Å²) in [5, 5.41) is 9.36. The lowest BCUT2D eigenvalue weighted by molar-refractivity contribution is 0.450. The predicted octanol–water partition coefficient (Wildman–Crippen LogP) is 4.43. The third-order valence-electron chi connectivity index (χ3n) is 4.59. The summed E-state index contributed by atoms with van der Waals surface area (Å²) in [7, 11) is 0. The molecule has 1 saturated carbocycles. The Morgan fingerprint density at radius 1 is 0.632 bits per heavy atom. The number of hydrogen-bond donors (Lipinski definition) is 0. The Labute approximate surface area is 113 Å². The Bertz CT molecular complexity index is 565. The van der Waals surface area contributed by atoms with E-state index < -0.39 is 0 Å². The van der Waals surface area contributed by atoms with Crippen molar-refractivity contribution in [2.45, 2.75) is 30.3 Å². The van der Waals surface area contributed by atoms with Gasteiger partial charge in [-0.15, -0.1) is 0 Å². The Morgan fingerprint density at radius 3 is 1.42 bits per heavy atom. The van der Waals surface area contributed by atoms with Crippen molar-refractivity contribution in [1.29, 1.82) is 0 Å². The molecule has 0 aromatic heterocycles. The highest BCUT2D eigenvalue weighted by atomic mass is 15.3. The summed E-state index contributed by atoms with van der Waals surface area (Å²) in [6, 6.07) is 21.3. The molecule has 4 rings (SSSR count). The third kappa shape index (κ3) is 1.49. The second-order valence-corrected chi connectivity index (χ2v) is 5.67. The zero-order valence-corrected chi connectivity index (χ0v) is 10.8. The molecule has 19 heavy (non-hydrogen) atoms. The van der Waals surface area contributed by atoms with E-state index in [4.69, 9.17) is 0 Å². The summed E-state index contributed by atoms with van der Waals surface area (Å²) in [6.45, 7) is 0. The van der Waals surface area contributed by atoms with Gasteiger partial charge in [0.2, 0.25) is 0 Å². The van der Waals surface area contributed by atoms with Gasteiger partial charge in [0.1, 0.15) is 11.1 Å². The van der Waals surface area contributed by atoms with Gasteiger partial charge in [0, 0.05) is 6.42 Å². The van der Waals surface area contributed by atoms with E-state index in [2.05, 4.69) is 70.9 Å². The predicted molar refractivity (Wildman–Crippen MR) is 74.9 cm³/mol. The molecule has 0 N–H and O–H groups in total. The first-order chi connectivity index (χ1) is 9.33. The topological polar surface area (TPSA) is 24.7 Å². The number of fused-ring (bicyclic) bond motifs is 2. The molecular formula is C17H16N2. The molecule has 0 spiro atoms. The van der Waals surface area contributed by atoms with Crippen LogP contribution in [-0.4, -0.2) is 0 Å². The van der Waals surface area contributed by atoms with Crippen molar-refractivity contribution in [3.8, 4) is 0 Å². The van der Waals surface area contributed by atoms with Crippen LogP contribution < -0.4 is 0 Å². The molecule has 94 valence electrons. The molecule has 0 unspecified atom stereocenters. The quantitative estimate of drug-likeness (QED) is 0.751. The van der Waals surface area contributed by atoms with Crippen LogP contribution in [0.4, 0.5) is 0 Å². The van der Waals surface area contributed by atoms with E-state index in [1.54, 1.807) is 0 Å². The minimum Gasteiger partial charge on any atom is -0.182 e. The van der Waals surface area contributed by atoms with E-state index in [1.165, 1.54) is 11.1 Å². The first kappa shape index (κ1) is 10.9. The van der Waals surface area contributed by atoms with Crippen LogP contribution >= 0.6 is 0 Å². The number of azo groups is 1. The van der Waals surface area contributed by atoms with Gasteiger partial charge in [-0.1, -0.05) is 60.7 Å². The summed E-state index contributed by atoms with van der Waals surface area (Å²) in [6.07, 6.45) is 3.23. The van der Waals surface area contributed by atoms with Gasteiger partial charge in [0.05, 0.1) is 0 Å². The number of nitrogens with zero attached hydrogens (tertiary/aromatic N) is 2. The maximum absolute atomic E-state index is 4.68. The van der Waals surface area contributed by atoms with E-state index in [0.29, 0.717) is 0 Å². The Morgan fingerprint density at radius 2 is 1.05 bits per heavy atom. The van der Waals surface area contributed by atoms with Gasteiger partial charge < -0.3 is 0 Å². The molecule has 0 saturated heterocycles. The van der Waals surface area contributed by atoms with Crippen molar-refractivity contribution < 1.29 is 0 Å². The van der Waals surface area contributed by atoms with Crippen LogP contribution in [-0.2, 0) is 11.1 Å². The molecular weight excluding hydrogens is 232 g/mol. The fourth-order valence-electron chi connectivity index (χ4n) is 3.54. The Hall–Kier alpha value is -1.96. The molecule has 0 amide bonds. The lowest BCUT2D eigenvalue weighted by Gasteiger charge is -2.20. The van der Waals surface area contributed by atoms with Crippen molar-refractivity contribution >= 4 is 0 Å². The summed E-state index contributed by atoms with van der Waals surface area (Å²) in [5.74, 6) is 0. The first-order valence-electron chi connectivity index (χ1n) is 6.88. The monoisotopic (exact) mass is 248 g/mol. The van der Waals surface area contributed by atoms with Gasteiger partial charge in [0.15, 0.2) is 0 Å². The Kier molecular flexibility index (Phi) is 2.16. The van der Waals surface area contributed by atoms with Gasteiger partial charge in [-0.25, -0.2) is 0 Å². The van der Waals surface area contributed by atoms with Crippen LogP contribution in [0.3, 0.4) is 0 Å². The van der Waals surface area contributed by atoms with Crippen molar-refractivity contribution in [3.05, 3.63) is 71.8 Å². The van der Waals surface area contributed by atoms with Gasteiger partial charge in [-0.2, -0.15) is 10.2 Å². The van der Waals surface area contributed by atoms with Crippen molar-refractivity contribution in [1.82, 2.24) is 0 Å². The minimum absolute atomic E-state index is 0.0723. The molecule has 2 heteroatoms. The van der Waals surface area contributed by atoms with Gasteiger partial charge >= 0.3 is 0 Å². The molecule has 2 aliphatic rings. The standard InChI is InChI=1S/C17H16N2/c1-3-7-14(8-4-1)16-11-12-17(13-16,19-18-16)15-9-5-2-6-10-15/h1-10H,11-13H2/t16-,17+. The van der Waals surface area contributed by atoms with Gasteiger partial charge in [-0.05, 0) is 24.0 Å². The highest BCUT2D eigenvalue weighted by Crippen LogP contribution is 2.58.